The average molecular weight is 266 g/mol. The Morgan fingerprint density at radius 1 is 0.700 bits per heavy atom. The molecular formula is C20H26. The second kappa shape index (κ2) is 6.74. The molecule has 0 fully saturated rings. The molecule has 0 saturated carbocycles. The first-order valence-corrected chi connectivity index (χ1v) is 7.74. The third-order valence-electron chi connectivity index (χ3n) is 3.60. The first-order chi connectivity index (χ1) is 9.58. The van der Waals surface area contributed by atoms with Gasteiger partial charge in [0.25, 0.3) is 0 Å². The quantitative estimate of drug-likeness (QED) is 0.646. The van der Waals surface area contributed by atoms with Crippen molar-refractivity contribution in [3.63, 3.8) is 0 Å². The van der Waals surface area contributed by atoms with E-state index in [1.807, 2.05) is 0 Å². The van der Waals surface area contributed by atoms with E-state index in [0.29, 0.717) is 11.8 Å². The van der Waals surface area contributed by atoms with E-state index >= 15 is 0 Å². The maximum Gasteiger partial charge on any atom is -0.0149 e. The van der Waals surface area contributed by atoms with Gasteiger partial charge in [-0.15, -0.1) is 0 Å². The van der Waals surface area contributed by atoms with E-state index in [9.17, 15) is 0 Å². The van der Waals surface area contributed by atoms with Gasteiger partial charge in [0.2, 0.25) is 0 Å². The highest BCUT2D eigenvalue weighted by Crippen LogP contribution is 2.29. The summed E-state index contributed by atoms with van der Waals surface area (Å²) in [7, 11) is 0. The van der Waals surface area contributed by atoms with Crippen LogP contribution < -0.4 is 0 Å². The zero-order chi connectivity index (χ0) is 14.5. The Bertz CT molecular complexity index is 535. The van der Waals surface area contributed by atoms with Crippen LogP contribution in [0.3, 0.4) is 0 Å². The summed E-state index contributed by atoms with van der Waals surface area (Å²) >= 11 is 0. The van der Waals surface area contributed by atoms with Gasteiger partial charge in [-0.05, 0) is 46.9 Å². The molecule has 20 heavy (non-hydrogen) atoms. The second-order valence-corrected chi connectivity index (χ2v) is 6.51. The van der Waals surface area contributed by atoms with Crippen molar-refractivity contribution >= 4 is 0 Å². The summed E-state index contributed by atoms with van der Waals surface area (Å²) in [4.78, 5) is 0. The van der Waals surface area contributed by atoms with E-state index in [4.69, 9.17) is 0 Å². The van der Waals surface area contributed by atoms with E-state index in [0.717, 1.165) is 6.42 Å². The molecule has 0 aliphatic carbocycles. The fraction of sp³-hybridized carbons (Fsp3) is 0.400. The lowest BCUT2D eigenvalue weighted by atomic mass is 9.87. The van der Waals surface area contributed by atoms with Gasteiger partial charge >= 0.3 is 0 Å². The molecule has 0 N–H and O–H groups in total. The normalized spacial score (nSPS) is 11.3. The van der Waals surface area contributed by atoms with Crippen LogP contribution >= 0.6 is 0 Å². The molecule has 0 nitrogen and oxygen atoms in total. The molecule has 2 aromatic carbocycles. The molecule has 0 atom stereocenters. The minimum atomic E-state index is 0.686. The fourth-order valence-corrected chi connectivity index (χ4v) is 2.80. The van der Waals surface area contributed by atoms with Gasteiger partial charge in [0.05, 0.1) is 0 Å². The molecule has 0 spiro atoms. The molecule has 0 aromatic heterocycles. The molecule has 0 aliphatic rings. The standard InChI is InChI=1S/C20H26/c1-15(2)13-18-11-8-12-19(20(18)14-16(3)4)17-9-6-5-7-10-17/h5-12,15-16H,13-14H2,1-4H3. The molecule has 0 heteroatoms. The van der Waals surface area contributed by atoms with Crippen LogP contribution in [0.4, 0.5) is 0 Å². The number of hydrogen-bond acceptors (Lipinski definition) is 0. The van der Waals surface area contributed by atoms with Gasteiger partial charge in [0, 0.05) is 0 Å². The summed E-state index contributed by atoms with van der Waals surface area (Å²) in [6.07, 6.45) is 2.33. The molecule has 0 unspecified atom stereocenters. The number of benzene rings is 2. The summed E-state index contributed by atoms with van der Waals surface area (Å²) in [6, 6.07) is 17.6. The molecule has 0 bridgehead atoms. The molecule has 0 heterocycles. The lowest BCUT2D eigenvalue weighted by molar-refractivity contribution is 0.616. The fourth-order valence-electron chi connectivity index (χ4n) is 2.80. The lowest BCUT2D eigenvalue weighted by Crippen LogP contribution is -2.05. The average Bonchev–Trinajstić information content (AvgIpc) is 2.40. The van der Waals surface area contributed by atoms with Gasteiger partial charge in [-0.1, -0.05) is 76.2 Å². The van der Waals surface area contributed by atoms with Crippen molar-refractivity contribution in [3.05, 3.63) is 59.7 Å². The molecule has 0 aliphatic heterocycles. The largest absolute Gasteiger partial charge is 0.0625 e. The zero-order valence-corrected chi connectivity index (χ0v) is 13.2. The Labute approximate surface area is 123 Å². The highest BCUT2D eigenvalue weighted by atomic mass is 14.2. The summed E-state index contributed by atoms with van der Waals surface area (Å²) in [5, 5.41) is 0. The first-order valence-electron chi connectivity index (χ1n) is 7.74. The molecule has 0 saturated heterocycles. The molecule has 2 aromatic rings. The second-order valence-electron chi connectivity index (χ2n) is 6.51. The van der Waals surface area contributed by atoms with E-state index in [2.05, 4.69) is 76.2 Å². The number of hydrogen-bond donors (Lipinski definition) is 0. The summed E-state index contributed by atoms with van der Waals surface area (Å²) < 4.78 is 0. The van der Waals surface area contributed by atoms with Crippen LogP contribution in [0, 0.1) is 11.8 Å². The SMILES string of the molecule is CC(C)Cc1cccc(-c2ccccc2)c1CC(C)C. The zero-order valence-electron chi connectivity index (χ0n) is 13.2. The third-order valence-corrected chi connectivity index (χ3v) is 3.60. The van der Waals surface area contributed by atoms with Gasteiger partial charge in [-0.25, -0.2) is 0 Å². The lowest BCUT2D eigenvalue weighted by Gasteiger charge is -2.18. The summed E-state index contributed by atoms with van der Waals surface area (Å²) in [6.45, 7) is 9.21. The van der Waals surface area contributed by atoms with Crippen molar-refractivity contribution < 1.29 is 0 Å². The van der Waals surface area contributed by atoms with Crippen LogP contribution in [0.1, 0.15) is 38.8 Å². The molecule has 106 valence electrons. The van der Waals surface area contributed by atoms with Gasteiger partial charge < -0.3 is 0 Å². The third kappa shape index (κ3) is 3.72. The van der Waals surface area contributed by atoms with Gasteiger partial charge in [-0.3, -0.25) is 0 Å². The number of rotatable bonds is 5. The van der Waals surface area contributed by atoms with Crippen molar-refractivity contribution in [1.82, 2.24) is 0 Å². The van der Waals surface area contributed by atoms with Crippen molar-refractivity contribution in [2.45, 2.75) is 40.5 Å². The van der Waals surface area contributed by atoms with Crippen molar-refractivity contribution in [2.75, 3.05) is 0 Å². The van der Waals surface area contributed by atoms with Crippen LogP contribution in [0.2, 0.25) is 0 Å². The Hall–Kier alpha value is -1.56. The Morgan fingerprint density at radius 3 is 1.95 bits per heavy atom. The van der Waals surface area contributed by atoms with Gasteiger partial charge in [0.15, 0.2) is 0 Å². The predicted molar refractivity (Wildman–Crippen MR) is 89.0 cm³/mol. The minimum absolute atomic E-state index is 0.686. The monoisotopic (exact) mass is 266 g/mol. The molecule has 2 rings (SSSR count). The Morgan fingerprint density at radius 2 is 1.35 bits per heavy atom. The molecule has 0 radical (unpaired) electrons. The Kier molecular flexibility index (Phi) is 5.00. The van der Waals surface area contributed by atoms with E-state index in [1.165, 1.54) is 23.1 Å². The molecule has 0 amide bonds. The van der Waals surface area contributed by atoms with Crippen LogP contribution in [0.5, 0.6) is 0 Å². The van der Waals surface area contributed by atoms with E-state index in [-0.39, 0.29) is 0 Å². The van der Waals surface area contributed by atoms with Crippen LogP contribution in [-0.2, 0) is 12.8 Å². The maximum absolute atomic E-state index is 2.31. The highest BCUT2D eigenvalue weighted by molar-refractivity contribution is 5.68. The van der Waals surface area contributed by atoms with E-state index in [1.54, 1.807) is 5.56 Å². The van der Waals surface area contributed by atoms with Gasteiger partial charge in [-0.2, -0.15) is 0 Å². The van der Waals surface area contributed by atoms with Crippen LogP contribution in [-0.4, -0.2) is 0 Å². The topological polar surface area (TPSA) is 0 Å². The van der Waals surface area contributed by atoms with Crippen LogP contribution in [0.25, 0.3) is 11.1 Å². The highest BCUT2D eigenvalue weighted by Gasteiger charge is 2.12. The minimum Gasteiger partial charge on any atom is -0.0625 e. The smallest absolute Gasteiger partial charge is 0.0149 e. The van der Waals surface area contributed by atoms with Gasteiger partial charge in [0.1, 0.15) is 0 Å². The summed E-state index contributed by atoms with van der Waals surface area (Å²) in [5.74, 6) is 1.39. The predicted octanol–water partition coefficient (Wildman–Crippen LogP) is 5.75. The van der Waals surface area contributed by atoms with Crippen molar-refractivity contribution in [1.29, 1.82) is 0 Å². The Balaban J connectivity index is 2.50. The maximum atomic E-state index is 2.31. The first kappa shape index (κ1) is 14.8. The molecular weight excluding hydrogens is 240 g/mol. The van der Waals surface area contributed by atoms with Crippen molar-refractivity contribution in [3.8, 4) is 11.1 Å². The summed E-state index contributed by atoms with van der Waals surface area (Å²) in [5.41, 5.74) is 5.82. The van der Waals surface area contributed by atoms with Crippen molar-refractivity contribution in [2.24, 2.45) is 11.8 Å². The van der Waals surface area contributed by atoms with Crippen LogP contribution in [0.15, 0.2) is 48.5 Å². The van der Waals surface area contributed by atoms with E-state index < -0.39 is 0 Å².